The van der Waals surface area contributed by atoms with Gasteiger partial charge in [0.15, 0.2) is 0 Å². The van der Waals surface area contributed by atoms with Crippen LogP contribution in [0.3, 0.4) is 0 Å². The van der Waals surface area contributed by atoms with Crippen molar-refractivity contribution in [1.82, 2.24) is 15.5 Å². The van der Waals surface area contributed by atoms with Crippen LogP contribution in [0.1, 0.15) is 37.1 Å². The smallest absolute Gasteiger partial charge is 0.121 e. The standard InChI is InChI=1S/C26H30N4O2/c1-18(2)26-23-12-11-22(16-24(23)29-30-26)32-14-13-27-17-25(31)19-7-6-10-21(15-19)28-20-8-4-3-5-9-20/h3-12,15-16,18,25,27-28,31H,13-14,17H2,1-2H3,(H,29,30)/t25-/m0/s1. The molecule has 0 aliphatic heterocycles. The monoisotopic (exact) mass is 430 g/mol. The van der Waals surface area contributed by atoms with E-state index in [-0.39, 0.29) is 0 Å². The highest BCUT2D eigenvalue weighted by atomic mass is 16.5. The van der Waals surface area contributed by atoms with Crippen LogP contribution in [0.2, 0.25) is 0 Å². The number of para-hydroxylation sites is 1. The molecule has 4 N–H and O–H groups in total. The zero-order valence-corrected chi connectivity index (χ0v) is 18.5. The van der Waals surface area contributed by atoms with Gasteiger partial charge in [-0.15, -0.1) is 0 Å². The molecule has 1 heterocycles. The zero-order valence-electron chi connectivity index (χ0n) is 18.5. The van der Waals surface area contributed by atoms with E-state index in [1.165, 1.54) is 0 Å². The van der Waals surface area contributed by atoms with Gasteiger partial charge >= 0.3 is 0 Å². The van der Waals surface area contributed by atoms with Crippen molar-refractivity contribution in [2.24, 2.45) is 0 Å². The van der Waals surface area contributed by atoms with Crippen molar-refractivity contribution in [3.63, 3.8) is 0 Å². The van der Waals surface area contributed by atoms with E-state index in [0.29, 0.717) is 25.6 Å². The first kappa shape index (κ1) is 21.9. The van der Waals surface area contributed by atoms with Gasteiger partial charge in [0.2, 0.25) is 0 Å². The molecule has 3 aromatic carbocycles. The van der Waals surface area contributed by atoms with Crippen molar-refractivity contribution in [3.05, 3.63) is 84.1 Å². The lowest BCUT2D eigenvalue weighted by Crippen LogP contribution is -2.26. The van der Waals surface area contributed by atoms with E-state index >= 15 is 0 Å². The van der Waals surface area contributed by atoms with Crippen molar-refractivity contribution >= 4 is 22.3 Å². The van der Waals surface area contributed by atoms with Crippen LogP contribution in [0.4, 0.5) is 11.4 Å². The summed E-state index contributed by atoms with van der Waals surface area (Å²) in [6.45, 7) is 5.89. The van der Waals surface area contributed by atoms with E-state index in [9.17, 15) is 5.11 Å². The summed E-state index contributed by atoms with van der Waals surface area (Å²) in [6, 6.07) is 23.8. The number of rotatable bonds is 10. The number of nitrogens with zero attached hydrogens (tertiary/aromatic N) is 1. The Labute approximate surface area is 188 Å². The van der Waals surface area contributed by atoms with Crippen molar-refractivity contribution in [1.29, 1.82) is 0 Å². The largest absolute Gasteiger partial charge is 0.492 e. The lowest BCUT2D eigenvalue weighted by atomic mass is 10.1. The maximum absolute atomic E-state index is 10.6. The van der Waals surface area contributed by atoms with Gasteiger partial charge in [-0.25, -0.2) is 0 Å². The van der Waals surface area contributed by atoms with Crippen LogP contribution in [0, 0.1) is 0 Å². The third-order valence-electron chi connectivity index (χ3n) is 5.35. The van der Waals surface area contributed by atoms with Gasteiger partial charge in [-0.3, -0.25) is 5.10 Å². The molecule has 6 heteroatoms. The van der Waals surface area contributed by atoms with Crippen LogP contribution < -0.4 is 15.4 Å². The maximum Gasteiger partial charge on any atom is 0.121 e. The lowest BCUT2D eigenvalue weighted by Gasteiger charge is -2.14. The number of hydrogen-bond donors (Lipinski definition) is 4. The summed E-state index contributed by atoms with van der Waals surface area (Å²) in [5, 5.41) is 25.8. The number of fused-ring (bicyclic) bond motifs is 1. The summed E-state index contributed by atoms with van der Waals surface area (Å²) >= 11 is 0. The molecule has 1 aromatic heterocycles. The molecule has 6 nitrogen and oxygen atoms in total. The Balaban J connectivity index is 1.23. The molecular weight excluding hydrogens is 400 g/mol. The number of aliphatic hydroxyl groups excluding tert-OH is 1. The first-order valence-electron chi connectivity index (χ1n) is 11.0. The molecule has 1 atom stereocenters. The number of nitrogens with one attached hydrogen (secondary N) is 3. The number of anilines is 2. The highest BCUT2D eigenvalue weighted by molar-refractivity contribution is 5.83. The molecule has 0 aliphatic rings. The number of H-pyrrole nitrogens is 1. The van der Waals surface area contributed by atoms with Gasteiger partial charge < -0.3 is 20.5 Å². The summed E-state index contributed by atoms with van der Waals surface area (Å²) in [5.41, 5.74) is 4.89. The first-order valence-corrected chi connectivity index (χ1v) is 11.0. The average Bonchev–Trinajstić information content (AvgIpc) is 3.23. The van der Waals surface area contributed by atoms with Crippen LogP contribution >= 0.6 is 0 Å². The van der Waals surface area contributed by atoms with Crippen molar-refractivity contribution in [2.45, 2.75) is 25.9 Å². The summed E-state index contributed by atoms with van der Waals surface area (Å²) in [4.78, 5) is 0. The second-order valence-corrected chi connectivity index (χ2v) is 8.16. The minimum absolute atomic E-state index is 0.400. The minimum atomic E-state index is -0.595. The Morgan fingerprint density at radius 3 is 2.59 bits per heavy atom. The van der Waals surface area contributed by atoms with Gasteiger partial charge in [-0.05, 0) is 47.9 Å². The first-order chi connectivity index (χ1) is 15.6. The van der Waals surface area contributed by atoms with Crippen LogP contribution in [-0.2, 0) is 0 Å². The SMILES string of the molecule is CC(C)c1[nH]nc2cc(OCCNC[C@H](O)c3cccc(Nc4ccccc4)c3)ccc12. The van der Waals surface area contributed by atoms with Gasteiger partial charge in [0.1, 0.15) is 12.4 Å². The molecule has 166 valence electrons. The molecule has 0 bridgehead atoms. The van der Waals surface area contributed by atoms with Crippen molar-refractivity contribution in [3.8, 4) is 5.75 Å². The average molecular weight is 431 g/mol. The number of aromatic nitrogens is 2. The molecule has 0 radical (unpaired) electrons. The van der Waals surface area contributed by atoms with E-state index in [1.54, 1.807) is 0 Å². The molecule has 0 unspecified atom stereocenters. The molecule has 0 amide bonds. The maximum atomic E-state index is 10.6. The van der Waals surface area contributed by atoms with Gasteiger partial charge in [0, 0.05) is 41.6 Å². The molecule has 0 aliphatic carbocycles. The number of ether oxygens (including phenoxy) is 1. The lowest BCUT2D eigenvalue weighted by molar-refractivity contribution is 0.172. The van der Waals surface area contributed by atoms with Crippen LogP contribution in [0.15, 0.2) is 72.8 Å². The summed E-state index contributed by atoms with van der Waals surface area (Å²) in [7, 11) is 0. The molecular formula is C26H30N4O2. The van der Waals surface area contributed by atoms with Gasteiger partial charge in [-0.2, -0.15) is 5.10 Å². The van der Waals surface area contributed by atoms with Gasteiger partial charge in [0.05, 0.1) is 11.6 Å². The molecule has 32 heavy (non-hydrogen) atoms. The number of hydrogen-bond acceptors (Lipinski definition) is 5. The predicted molar refractivity (Wildman–Crippen MR) is 130 cm³/mol. The predicted octanol–water partition coefficient (Wildman–Crippen LogP) is 5.13. The molecule has 0 fully saturated rings. The number of benzene rings is 3. The third-order valence-corrected chi connectivity index (χ3v) is 5.35. The third kappa shape index (κ3) is 5.46. The Morgan fingerprint density at radius 1 is 0.969 bits per heavy atom. The molecule has 0 saturated heterocycles. The minimum Gasteiger partial charge on any atom is -0.492 e. The quantitative estimate of drug-likeness (QED) is 0.262. The van der Waals surface area contributed by atoms with E-state index in [0.717, 1.165) is 39.3 Å². The normalized spacial score (nSPS) is 12.2. The second-order valence-electron chi connectivity index (χ2n) is 8.16. The van der Waals surface area contributed by atoms with Crippen LogP contribution in [0.5, 0.6) is 5.75 Å². The summed E-state index contributed by atoms with van der Waals surface area (Å²) in [6.07, 6.45) is -0.595. The van der Waals surface area contributed by atoms with Crippen molar-refractivity contribution < 1.29 is 9.84 Å². The zero-order chi connectivity index (χ0) is 22.3. The second kappa shape index (κ2) is 10.3. The number of aliphatic hydroxyl groups is 1. The van der Waals surface area contributed by atoms with E-state index in [4.69, 9.17) is 4.74 Å². The van der Waals surface area contributed by atoms with Crippen molar-refractivity contribution in [2.75, 3.05) is 25.0 Å². The van der Waals surface area contributed by atoms with E-state index in [1.807, 2.05) is 66.7 Å². The number of aromatic amines is 1. The molecule has 0 saturated carbocycles. The molecule has 0 spiro atoms. The summed E-state index contributed by atoms with van der Waals surface area (Å²) < 4.78 is 5.85. The summed E-state index contributed by atoms with van der Waals surface area (Å²) in [5.74, 6) is 1.19. The van der Waals surface area contributed by atoms with Crippen LogP contribution in [0.25, 0.3) is 10.9 Å². The fourth-order valence-corrected chi connectivity index (χ4v) is 3.65. The Bertz CT molecular complexity index is 1140. The Kier molecular flexibility index (Phi) is 7.04. The Morgan fingerprint density at radius 2 is 1.78 bits per heavy atom. The van der Waals surface area contributed by atoms with Gasteiger partial charge in [-0.1, -0.05) is 44.2 Å². The fraction of sp³-hybridized carbons (Fsp3) is 0.269. The highest BCUT2D eigenvalue weighted by Gasteiger charge is 2.10. The molecule has 4 rings (SSSR count). The van der Waals surface area contributed by atoms with E-state index < -0.39 is 6.10 Å². The topological polar surface area (TPSA) is 82.2 Å². The molecule has 4 aromatic rings. The van der Waals surface area contributed by atoms with Crippen LogP contribution in [-0.4, -0.2) is 35.0 Å². The van der Waals surface area contributed by atoms with Gasteiger partial charge in [0.25, 0.3) is 0 Å². The Hall–Kier alpha value is -3.35. The fourth-order valence-electron chi connectivity index (χ4n) is 3.65. The van der Waals surface area contributed by atoms with E-state index in [2.05, 4.69) is 40.7 Å². The highest BCUT2D eigenvalue weighted by Crippen LogP contribution is 2.26.